The molecule has 340 valence electrons. The van der Waals surface area contributed by atoms with Crippen LogP contribution in [0.25, 0.3) is 0 Å². The number of ether oxygens (including phenoxy) is 2. The van der Waals surface area contributed by atoms with Gasteiger partial charge in [-0.25, -0.2) is 4.57 Å². The van der Waals surface area contributed by atoms with Crippen LogP contribution in [0, 0.1) is 0 Å². The number of allylic oxidation sites excluding steroid dienone is 12. The number of aliphatic hydroxyl groups is 2. The van der Waals surface area contributed by atoms with Crippen molar-refractivity contribution in [2.75, 3.05) is 26.4 Å². The van der Waals surface area contributed by atoms with E-state index in [9.17, 15) is 24.2 Å². The quantitative estimate of drug-likeness (QED) is 0.0234. The molecular weight excluding hydrogens is 767 g/mol. The molecule has 0 bridgehead atoms. The standard InChI is InChI=1S/C48H83O10P/c1-3-5-7-9-11-13-15-17-19-21-22-24-25-27-29-31-33-35-37-39-47(51)55-43-46(44-57-59(53,54)56-42-45(50)41-49)58-48(52)40-38-36-34-32-30-28-26-23-20-18-16-14-12-10-8-6-4-2/h5,7,11,13-14,16-17,19,22,24,27,29,45-46,49-50H,3-4,6,8-10,12,15,18,20-21,23,25-26,28,30-44H2,1-2H3,(H,53,54)/b7-5+,13-11+,16-14+,19-17+,24-22+,29-27+/t45-,46+/m0/s1. The van der Waals surface area contributed by atoms with Crippen molar-refractivity contribution in [2.45, 2.75) is 193 Å². The van der Waals surface area contributed by atoms with E-state index in [2.05, 4.69) is 86.8 Å². The number of esters is 2. The highest BCUT2D eigenvalue weighted by molar-refractivity contribution is 7.47. The smallest absolute Gasteiger partial charge is 0.462 e. The van der Waals surface area contributed by atoms with Crippen molar-refractivity contribution in [2.24, 2.45) is 0 Å². The van der Waals surface area contributed by atoms with Crippen LogP contribution in [0.15, 0.2) is 72.9 Å². The van der Waals surface area contributed by atoms with E-state index in [0.717, 1.165) is 70.6 Å². The van der Waals surface area contributed by atoms with Crippen molar-refractivity contribution in [3.8, 4) is 0 Å². The van der Waals surface area contributed by atoms with E-state index in [1.54, 1.807) is 0 Å². The summed E-state index contributed by atoms with van der Waals surface area (Å²) in [7, 11) is -4.63. The van der Waals surface area contributed by atoms with Crippen molar-refractivity contribution >= 4 is 19.8 Å². The molecule has 11 heteroatoms. The Hall–Kier alpha value is -2.59. The molecule has 0 aliphatic rings. The van der Waals surface area contributed by atoms with Gasteiger partial charge in [-0.1, -0.05) is 157 Å². The van der Waals surface area contributed by atoms with Gasteiger partial charge in [0.25, 0.3) is 0 Å². The van der Waals surface area contributed by atoms with Crippen LogP contribution in [0.3, 0.4) is 0 Å². The minimum absolute atomic E-state index is 0.171. The van der Waals surface area contributed by atoms with Crippen molar-refractivity contribution in [3.05, 3.63) is 72.9 Å². The monoisotopic (exact) mass is 851 g/mol. The Morgan fingerprint density at radius 1 is 0.525 bits per heavy atom. The van der Waals surface area contributed by atoms with E-state index in [4.69, 9.17) is 23.6 Å². The Morgan fingerprint density at radius 3 is 1.44 bits per heavy atom. The Labute approximate surface area is 358 Å². The van der Waals surface area contributed by atoms with Gasteiger partial charge in [0.15, 0.2) is 6.10 Å². The van der Waals surface area contributed by atoms with Crippen LogP contribution < -0.4 is 0 Å². The van der Waals surface area contributed by atoms with Crippen molar-refractivity contribution in [1.82, 2.24) is 0 Å². The van der Waals surface area contributed by atoms with Gasteiger partial charge in [0.2, 0.25) is 0 Å². The van der Waals surface area contributed by atoms with Gasteiger partial charge in [-0.15, -0.1) is 0 Å². The third-order valence-electron chi connectivity index (χ3n) is 9.34. The summed E-state index contributed by atoms with van der Waals surface area (Å²) in [6, 6.07) is 0. The molecule has 0 radical (unpaired) electrons. The molecule has 0 aromatic carbocycles. The Morgan fingerprint density at radius 2 is 0.932 bits per heavy atom. The minimum Gasteiger partial charge on any atom is -0.462 e. The molecule has 59 heavy (non-hydrogen) atoms. The van der Waals surface area contributed by atoms with Crippen molar-refractivity contribution in [3.63, 3.8) is 0 Å². The molecule has 0 saturated heterocycles. The van der Waals surface area contributed by atoms with E-state index in [0.29, 0.717) is 12.8 Å². The summed E-state index contributed by atoms with van der Waals surface area (Å²) in [5.74, 6) is -0.968. The largest absolute Gasteiger partial charge is 0.472 e. The predicted octanol–water partition coefficient (Wildman–Crippen LogP) is 12.4. The molecule has 0 aromatic rings. The van der Waals surface area contributed by atoms with Crippen molar-refractivity contribution < 1.29 is 47.8 Å². The SMILES string of the molecule is CC/C=C/C/C=C/C/C=C/C/C=C/C/C=C/CCCCCC(=O)OC[C@H](COP(=O)(O)OC[C@@H](O)CO)OC(=O)CCCCCCCCCCC/C=C/CCCCCC. The summed E-state index contributed by atoms with van der Waals surface area (Å²) in [6.07, 6.45) is 50.0. The lowest BCUT2D eigenvalue weighted by molar-refractivity contribution is -0.161. The third-order valence-corrected chi connectivity index (χ3v) is 10.3. The zero-order chi connectivity index (χ0) is 43.3. The second-order valence-electron chi connectivity index (χ2n) is 15.0. The first-order valence-electron chi connectivity index (χ1n) is 22.9. The van der Waals surface area contributed by atoms with Gasteiger partial charge < -0.3 is 24.6 Å². The molecule has 0 aliphatic carbocycles. The lowest BCUT2D eigenvalue weighted by Gasteiger charge is -2.20. The maximum absolute atomic E-state index is 12.6. The van der Waals surface area contributed by atoms with E-state index < -0.39 is 51.8 Å². The Balaban J connectivity index is 4.33. The van der Waals surface area contributed by atoms with E-state index in [-0.39, 0.29) is 19.4 Å². The third kappa shape index (κ3) is 43.3. The molecule has 0 fully saturated rings. The summed E-state index contributed by atoms with van der Waals surface area (Å²) < 4.78 is 32.7. The van der Waals surface area contributed by atoms with Gasteiger partial charge in [0, 0.05) is 12.8 Å². The summed E-state index contributed by atoms with van der Waals surface area (Å²) in [5, 5.41) is 18.4. The molecule has 0 spiro atoms. The lowest BCUT2D eigenvalue weighted by Crippen LogP contribution is -2.29. The second-order valence-corrected chi connectivity index (χ2v) is 16.5. The number of hydrogen-bond acceptors (Lipinski definition) is 9. The van der Waals surface area contributed by atoms with Crippen LogP contribution in [-0.4, -0.2) is 65.7 Å². The normalized spacial score (nSPS) is 14.5. The molecule has 0 rings (SSSR count). The van der Waals surface area contributed by atoms with Gasteiger partial charge in [0.05, 0.1) is 19.8 Å². The van der Waals surface area contributed by atoms with E-state index in [1.165, 1.54) is 70.6 Å². The first-order chi connectivity index (χ1) is 28.7. The number of aliphatic hydroxyl groups excluding tert-OH is 2. The fraction of sp³-hybridized carbons (Fsp3) is 0.708. The van der Waals surface area contributed by atoms with Gasteiger partial charge in [-0.05, 0) is 83.5 Å². The first-order valence-corrected chi connectivity index (χ1v) is 24.4. The lowest BCUT2D eigenvalue weighted by atomic mass is 10.1. The zero-order valence-electron chi connectivity index (χ0n) is 36.9. The number of phosphoric ester groups is 1. The van der Waals surface area contributed by atoms with Crippen LogP contribution in [0.1, 0.15) is 181 Å². The van der Waals surface area contributed by atoms with Gasteiger partial charge >= 0.3 is 19.8 Å². The van der Waals surface area contributed by atoms with Gasteiger partial charge in [-0.3, -0.25) is 18.6 Å². The van der Waals surface area contributed by atoms with Crippen LogP contribution in [0.5, 0.6) is 0 Å². The minimum atomic E-state index is -4.63. The molecule has 3 N–H and O–H groups in total. The number of hydrogen-bond donors (Lipinski definition) is 3. The number of carbonyl (C=O) groups is 2. The number of phosphoric acid groups is 1. The molecule has 3 atom stereocenters. The molecule has 0 aromatic heterocycles. The fourth-order valence-electron chi connectivity index (χ4n) is 5.84. The Bertz CT molecular complexity index is 1210. The van der Waals surface area contributed by atoms with Gasteiger partial charge in [-0.2, -0.15) is 0 Å². The summed E-state index contributed by atoms with van der Waals surface area (Å²) in [4.78, 5) is 35.1. The molecule has 0 amide bonds. The molecule has 0 aliphatic heterocycles. The number of rotatable bonds is 42. The number of carbonyl (C=O) groups excluding carboxylic acids is 2. The van der Waals surface area contributed by atoms with Crippen molar-refractivity contribution in [1.29, 1.82) is 0 Å². The first kappa shape index (κ1) is 56.4. The van der Waals surface area contributed by atoms with Gasteiger partial charge in [0.1, 0.15) is 12.7 Å². The summed E-state index contributed by atoms with van der Waals surface area (Å²) in [5.41, 5.74) is 0. The Kier molecular flexibility index (Phi) is 41.6. The van der Waals surface area contributed by atoms with Crippen LogP contribution in [-0.2, 0) is 32.7 Å². The highest BCUT2D eigenvalue weighted by atomic mass is 31.2. The molecular formula is C48H83O10P. The van der Waals surface area contributed by atoms with Crippen LogP contribution >= 0.6 is 7.82 Å². The zero-order valence-corrected chi connectivity index (χ0v) is 37.8. The van der Waals surface area contributed by atoms with E-state index in [1.807, 2.05) is 0 Å². The topological polar surface area (TPSA) is 149 Å². The molecule has 10 nitrogen and oxygen atoms in total. The maximum atomic E-state index is 12.6. The van der Waals surface area contributed by atoms with E-state index >= 15 is 0 Å². The summed E-state index contributed by atoms with van der Waals surface area (Å²) in [6.45, 7) is 2.21. The highest BCUT2D eigenvalue weighted by Crippen LogP contribution is 2.43. The number of unbranched alkanes of at least 4 members (excludes halogenated alkanes) is 16. The second kappa shape index (κ2) is 43.5. The predicted molar refractivity (Wildman–Crippen MR) is 242 cm³/mol. The maximum Gasteiger partial charge on any atom is 0.472 e. The fourth-order valence-corrected chi connectivity index (χ4v) is 6.63. The van der Waals surface area contributed by atoms with Crippen LogP contribution in [0.2, 0.25) is 0 Å². The average Bonchev–Trinajstić information content (AvgIpc) is 3.22. The average molecular weight is 851 g/mol. The molecule has 1 unspecified atom stereocenters. The highest BCUT2D eigenvalue weighted by Gasteiger charge is 2.27. The van der Waals surface area contributed by atoms with Crippen LogP contribution in [0.4, 0.5) is 0 Å². The molecule has 0 heterocycles. The molecule has 0 saturated carbocycles. The summed E-state index contributed by atoms with van der Waals surface area (Å²) >= 11 is 0.